The van der Waals surface area contributed by atoms with Crippen molar-refractivity contribution in [2.24, 2.45) is 11.8 Å². The number of unbranched alkanes of at least 4 members (excludes halogenated alkanes) is 2. The summed E-state index contributed by atoms with van der Waals surface area (Å²) in [6, 6.07) is 2.30. The summed E-state index contributed by atoms with van der Waals surface area (Å²) in [7, 11) is 0. The first kappa shape index (κ1) is 16.7. The van der Waals surface area contributed by atoms with Crippen LogP contribution in [0.1, 0.15) is 64.7 Å². The highest BCUT2D eigenvalue weighted by molar-refractivity contribution is 5.79. The summed E-state index contributed by atoms with van der Waals surface area (Å²) in [5.74, 6) is 1.16. The molecule has 0 aromatic heterocycles. The van der Waals surface area contributed by atoms with Gasteiger partial charge in [-0.2, -0.15) is 5.26 Å². The van der Waals surface area contributed by atoms with E-state index in [0.717, 1.165) is 38.5 Å². The van der Waals surface area contributed by atoms with Gasteiger partial charge in [0, 0.05) is 12.8 Å². The van der Waals surface area contributed by atoms with E-state index in [-0.39, 0.29) is 5.92 Å². The average molecular weight is 273 g/mol. The van der Waals surface area contributed by atoms with E-state index >= 15 is 0 Å². The lowest BCUT2D eigenvalue weighted by Crippen LogP contribution is -2.07. The molecule has 0 spiro atoms. The number of nitrogens with zero attached hydrogens (tertiary/aromatic N) is 1. The predicted octanol–water partition coefficient (Wildman–Crippen LogP) is 4.97. The van der Waals surface area contributed by atoms with Crippen molar-refractivity contribution in [2.45, 2.75) is 64.7 Å². The molecule has 1 aliphatic carbocycles. The van der Waals surface area contributed by atoms with Gasteiger partial charge in [-0.3, -0.25) is 4.79 Å². The number of nitriles is 1. The highest BCUT2D eigenvalue weighted by Crippen LogP contribution is 2.25. The molecule has 0 radical (unpaired) electrons. The van der Waals surface area contributed by atoms with Gasteiger partial charge in [-0.15, -0.1) is 0 Å². The number of carbonyl (C=O) groups is 1. The Morgan fingerprint density at radius 2 is 2.10 bits per heavy atom. The molecule has 0 N–H and O–H groups in total. The van der Waals surface area contributed by atoms with Gasteiger partial charge in [0.1, 0.15) is 5.78 Å². The molecule has 0 aromatic rings. The van der Waals surface area contributed by atoms with Gasteiger partial charge in [-0.25, -0.2) is 0 Å². The number of hydrogen-bond donors (Lipinski definition) is 0. The summed E-state index contributed by atoms with van der Waals surface area (Å²) in [6.45, 7) is 2.08. The number of carbonyl (C=O) groups excluding carboxylic acids is 1. The van der Waals surface area contributed by atoms with Crippen molar-refractivity contribution in [1.29, 1.82) is 5.26 Å². The van der Waals surface area contributed by atoms with Crippen LogP contribution in [0, 0.1) is 23.2 Å². The van der Waals surface area contributed by atoms with Crippen LogP contribution >= 0.6 is 0 Å². The third kappa shape index (κ3) is 7.28. The normalized spacial score (nSPS) is 22.0. The van der Waals surface area contributed by atoms with Crippen LogP contribution in [-0.2, 0) is 4.79 Å². The molecule has 2 atom stereocenters. The van der Waals surface area contributed by atoms with E-state index in [2.05, 4.69) is 31.2 Å². The molecular formula is C18H27NO. The van der Waals surface area contributed by atoms with E-state index in [1.54, 1.807) is 0 Å². The fraction of sp³-hybridized carbons (Fsp3) is 0.667. The second kappa shape index (κ2) is 10.4. The van der Waals surface area contributed by atoms with Crippen LogP contribution < -0.4 is 0 Å². The third-order valence-electron chi connectivity index (χ3n) is 3.91. The zero-order valence-electron chi connectivity index (χ0n) is 12.7. The smallest absolute Gasteiger partial charge is 0.136 e. The molecule has 0 aliphatic heterocycles. The fourth-order valence-corrected chi connectivity index (χ4v) is 2.61. The van der Waals surface area contributed by atoms with Crippen molar-refractivity contribution in [2.75, 3.05) is 0 Å². The Kier molecular flexibility index (Phi) is 8.71. The summed E-state index contributed by atoms with van der Waals surface area (Å²) >= 11 is 0. The number of rotatable bonds is 9. The number of hydrogen-bond acceptors (Lipinski definition) is 2. The largest absolute Gasteiger partial charge is 0.299 e. The van der Waals surface area contributed by atoms with Gasteiger partial charge in [0.2, 0.25) is 0 Å². The Labute approximate surface area is 123 Å². The van der Waals surface area contributed by atoms with E-state index in [1.807, 2.05) is 6.08 Å². The van der Waals surface area contributed by atoms with E-state index in [1.165, 1.54) is 12.8 Å². The van der Waals surface area contributed by atoms with Crippen LogP contribution in [-0.4, -0.2) is 5.78 Å². The Morgan fingerprint density at radius 1 is 1.25 bits per heavy atom. The zero-order valence-corrected chi connectivity index (χ0v) is 12.7. The first-order chi connectivity index (χ1) is 9.76. The lowest BCUT2D eigenvalue weighted by atomic mass is 9.86. The summed E-state index contributed by atoms with van der Waals surface area (Å²) in [5.41, 5.74) is 0. The third-order valence-corrected chi connectivity index (χ3v) is 3.91. The second-order valence-corrected chi connectivity index (χ2v) is 5.68. The minimum atomic E-state index is 0.139. The van der Waals surface area contributed by atoms with E-state index < -0.39 is 0 Å². The molecule has 1 rings (SSSR count). The molecule has 2 nitrogen and oxygen atoms in total. The molecule has 0 saturated carbocycles. The molecule has 0 fully saturated rings. The van der Waals surface area contributed by atoms with E-state index in [0.29, 0.717) is 18.1 Å². The maximum absolute atomic E-state index is 11.6. The van der Waals surface area contributed by atoms with Gasteiger partial charge in [0.15, 0.2) is 0 Å². The lowest BCUT2D eigenvalue weighted by Gasteiger charge is -2.18. The SMILES string of the molecule is CC/C=C\CC(=O)CCCCCC1C=C[C@@H](C#N)CC1. The van der Waals surface area contributed by atoms with Crippen molar-refractivity contribution in [3.8, 4) is 6.07 Å². The number of Topliss-reactive ketones (excluding diaryl/α,β-unsaturated/α-hetero) is 1. The minimum Gasteiger partial charge on any atom is -0.299 e. The second-order valence-electron chi connectivity index (χ2n) is 5.68. The van der Waals surface area contributed by atoms with Crippen LogP contribution in [0.2, 0.25) is 0 Å². The number of allylic oxidation sites excluding steroid dienone is 4. The molecule has 0 heterocycles. The number of ketones is 1. The first-order valence-corrected chi connectivity index (χ1v) is 8.01. The maximum atomic E-state index is 11.6. The Morgan fingerprint density at radius 3 is 2.75 bits per heavy atom. The molecule has 0 aromatic carbocycles. The van der Waals surface area contributed by atoms with Gasteiger partial charge in [-0.05, 0) is 38.0 Å². The van der Waals surface area contributed by atoms with Crippen LogP contribution in [0.25, 0.3) is 0 Å². The fourth-order valence-electron chi connectivity index (χ4n) is 2.61. The molecule has 0 bridgehead atoms. The van der Waals surface area contributed by atoms with Gasteiger partial charge in [0.05, 0.1) is 12.0 Å². The van der Waals surface area contributed by atoms with Crippen LogP contribution in [0.3, 0.4) is 0 Å². The highest BCUT2D eigenvalue weighted by Gasteiger charge is 2.14. The average Bonchev–Trinajstić information content (AvgIpc) is 2.48. The first-order valence-electron chi connectivity index (χ1n) is 8.01. The monoisotopic (exact) mass is 273 g/mol. The molecule has 20 heavy (non-hydrogen) atoms. The molecule has 1 unspecified atom stereocenters. The summed E-state index contributed by atoms with van der Waals surface area (Å²) in [6.07, 6.45) is 17.4. The van der Waals surface area contributed by atoms with Crippen LogP contribution in [0.15, 0.2) is 24.3 Å². The van der Waals surface area contributed by atoms with Crippen molar-refractivity contribution < 1.29 is 4.79 Å². The molecule has 1 aliphatic rings. The molecule has 0 saturated heterocycles. The van der Waals surface area contributed by atoms with Crippen molar-refractivity contribution in [1.82, 2.24) is 0 Å². The van der Waals surface area contributed by atoms with Crippen molar-refractivity contribution in [3.63, 3.8) is 0 Å². The predicted molar refractivity (Wildman–Crippen MR) is 83.1 cm³/mol. The topological polar surface area (TPSA) is 40.9 Å². The molecule has 0 amide bonds. The minimum absolute atomic E-state index is 0.139. The highest BCUT2D eigenvalue weighted by atomic mass is 16.1. The summed E-state index contributed by atoms with van der Waals surface area (Å²) in [4.78, 5) is 11.6. The van der Waals surface area contributed by atoms with Gasteiger partial charge in [-0.1, -0.05) is 44.1 Å². The summed E-state index contributed by atoms with van der Waals surface area (Å²) in [5, 5.41) is 8.81. The van der Waals surface area contributed by atoms with E-state index in [4.69, 9.17) is 5.26 Å². The Hall–Kier alpha value is -1.36. The Balaban J connectivity index is 2.01. The quantitative estimate of drug-likeness (QED) is 0.439. The molecular weight excluding hydrogens is 246 g/mol. The van der Waals surface area contributed by atoms with Crippen LogP contribution in [0.5, 0.6) is 0 Å². The molecule has 110 valence electrons. The van der Waals surface area contributed by atoms with Crippen molar-refractivity contribution in [3.05, 3.63) is 24.3 Å². The van der Waals surface area contributed by atoms with E-state index in [9.17, 15) is 4.79 Å². The van der Waals surface area contributed by atoms with Gasteiger partial charge < -0.3 is 0 Å². The zero-order chi connectivity index (χ0) is 14.6. The lowest BCUT2D eigenvalue weighted by molar-refractivity contribution is -0.118. The van der Waals surface area contributed by atoms with Crippen LogP contribution in [0.4, 0.5) is 0 Å². The maximum Gasteiger partial charge on any atom is 0.136 e. The van der Waals surface area contributed by atoms with Crippen molar-refractivity contribution >= 4 is 5.78 Å². The van der Waals surface area contributed by atoms with Gasteiger partial charge >= 0.3 is 0 Å². The van der Waals surface area contributed by atoms with Gasteiger partial charge in [0.25, 0.3) is 0 Å². The Bertz CT molecular complexity index is 375. The standard InChI is InChI=1S/C18H27NO/c1-2-3-5-9-18(20)10-7-4-6-8-16-11-13-17(15-19)14-12-16/h3,5,11,13,16-17H,2,4,6-10,12,14H2,1H3/b5-3-/t16?,17-/m1/s1. The molecule has 2 heteroatoms. The summed E-state index contributed by atoms with van der Waals surface area (Å²) < 4.78 is 0.